The van der Waals surface area contributed by atoms with Crippen molar-refractivity contribution in [2.45, 2.75) is 53.6 Å². The average Bonchev–Trinajstić information content (AvgIpc) is 2.64. The van der Waals surface area contributed by atoms with Crippen molar-refractivity contribution in [3.63, 3.8) is 0 Å². The molecule has 1 amide bonds. The maximum absolute atomic E-state index is 12.2. The number of aromatic nitrogens is 1. The molecule has 0 radical (unpaired) electrons. The molecule has 1 aromatic heterocycles. The van der Waals surface area contributed by atoms with Crippen LogP contribution in [0.1, 0.15) is 44.4 Å². The number of nitrogens with one attached hydrogen (secondary N) is 2. The number of pyridine rings is 1. The van der Waals surface area contributed by atoms with E-state index in [2.05, 4.69) is 35.5 Å². The van der Waals surface area contributed by atoms with Crippen LogP contribution in [0.15, 0.2) is 36.0 Å². The lowest BCUT2D eigenvalue weighted by atomic mass is 9.95. The summed E-state index contributed by atoms with van der Waals surface area (Å²) >= 11 is 0. The third kappa shape index (κ3) is 5.91. The van der Waals surface area contributed by atoms with Crippen LogP contribution >= 0.6 is 0 Å². The third-order valence-corrected chi connectivity index (χ3v) is 4.57. The van der Waals surface area contributed by atoms with E-state index in [1.54, 1.807) is 13.0 Å². The molecule has 0 fully saturated rings. The molecule has 1 aromatic carbocycles. The molecule has 0 aliphatic rings. The molecule has 0 spiro atoms. The molecule has 154 valence electrons. The second kappa shape index (κ2) is 9.37. The van der Waals surface area contributed by atoms with Gasteiger partial charge in [-0.25, -0.2) is 4.98 Å². The molecule has 3 N–H and O–H groups in total. The SMILES string of the molecule is CC(=Cc1cc(C)c(-c2ccc(NC(C)C)nc2)cc1C)C(=O)N[C@H](C)C(=O)O. The molecule has 0 bridgehead atoms. The largest absolute Gasteiger partial charge is 0.480 e. The zero-order valence-electron chi connectivity index (χ0n) is 17.8. The normalized spacial score (nSPS) is 12.6. The number of hydrogen-bond donors (Lipinski definition) is 3. The van der Waals surface area contributed by atoms with Crippen LogP contribution in [0, 0.1) is 13.8 Å². The van der Waals surface area contributed by atoms with Gasteiger partial charge >= 0.3 is 5.97 Å². The molecule has 6 heteroatoms. The summed E-state index contributed by atoms with van der Waals surface area (Å²) in [7, 11) is 0. The number of aliphatic carboxylic acids is 1. The molecular formula is C23H29N3O3. The van der Waals surface area contributed by atoms with Gasteiger partial charge in [0.2, 0.25) is 5.91 Å². The molecule has 0 aliphatic heterocycles. The zero-order valence-corrected chi connectivity index (χ0v) is 17.8. The van der Waals surface area contributed by atoms with Gasteiger partial charge in [0.25, 0.3) is 0 Å². The number of carbonyl (C=O) groups is 2. The highest BCUT2D eigenvalue weighted by molar-refractivity contribution is 5.99. The molecule has 6 nitrogen and oxygen atoms in total. The van der Waals surface area contributed by atoms with Crippen LogP contribution in [-0.2, 0) is 9.59 Å². The van der Waals surface area contributed by atoms with E-state index in [4.69, 9.17) is 5.11 Å². The van der Waals surface area contributed by atoms with Crippen LogP contribution in [0.3, 0.4) is 0 Å². The Morgan fingerprint density at radius 1 is 1.10 bits per heavy atom. The van der Waals surface area contributed by atoms with Crippen LogP contribution in [0.5, 0.6) is 0 Å². The molecule has 2 aromatic rings. The Hall–Kier alpha value is -3.15. The maximum atomic E-state index is 12.2. The van der Waals surface area contributed by atoms with Gasteiger partial charge in [0.1, 0.15) is 11.9 Å². The standard InChI is InChI=1S/C23H29N3O3/c1-13(2)25-21-8-7-18(12-24-21)20-11-14(3)19(9-15(20)4)10-16(5)22(27)26-17(6)23(28)29/h7-13,17H,1-6H3,(H,24,25)(H,26,27)(H,28,29)/t17-/m1/s1. The number of hydrogen-bond acceptors (Lipinski definition) is 4. The average molecular weight is 396 g/mol. The van der Waals surface area contributed by atoms with Crippen molar-refractivity contribution < 1.29 is 14.7 Å². The molecular weight excluding hydrogens is 366 g/mol. The third-order valence-electron chi connectivity index (χ3n) is 4.57. The highest BCUT2D eigenvalue weighted by Crippen LogP contribution is 2.28. The number of carbonyl (C=O) groups excluding carboxylic acids is 1. The van der Waals surface area contributed by atoms with E-state index >= 15 is 0 Å². The molecule has 0 aliphatic carbocycles. The molecule has 1 atom stereocenters. The summed E-state index contributed by atoms with van der Waals surface area (Å²) in [6.45, 7) is 11.3. The highest BCUT2D eigenvalue weighted by Gasteiger charge is 2.15. The van der Waals surface area contributed by atoms with Gasteiger partial charge in [0.15, 0.2) is 0 Å². The molecule has 1 heterocycles. The van der Waals surface area contributed by atoms with Gasteiger partial charge in [0.05, 0.1) is 0 Å². The van der Waals surface area contributed by atoms with E-state index in [9.17, 15) is 9.59 Å². The van der Waals surface area contributed by atoms with E-state index in [0.29, 0.717) is 11.6 Å². The minimum Gasteiger partial charge on any atom is -0.480 e. The van der Waals surface area contributed by atoms with Crippen LogP contribution in [-0.4, -0.2) is 34.1 Å². The molecule has 29 heavy (non-hydrogen) atoms. The van der Waals surface area contributed by atoms with Crippen molar-refractivity contribution in [1.29, 1.82) is 0 Å². The number of aryl methyl sites for hydroxylation is 2. The van der Waals surface area contributed by atoms with E-state index in [0.717, 1.165) is 33.6 Å². The van der Waals surface area contributed by atoms with Gasteiger partial charge in [-0.05, 0) is 82.0 Å². The second-order valence-corrected chi connectivity index (χ2v) is 7.62. The predicted molar refractivity (Wildman–Crippen MR) is 117 cm³/mol. The number of rotatable bonds is 7. The quantitative estimate of drug-likeness (QED) is 0.612. The summed E-state index contributed by atoms with van der Waals surface area (Å²) in [5, 5.41) is 14.7. The van der Waals surface area contributed by atoms with Crippen LogP contribution in [0.25, 0.3) is 17.2 Å². The van der Waals surface area contributed by atoms with Gasteiger partial charge in [-0.1, -0.05) is 12.1 Å². The van der Waals surface area contributed by atoms with E-state index in [1.165, 1.54) is 6.92 Å². The molecule has 0 saturated carbocycles. The minimum absolute atomic E-state index is 0.322. The van der Waals surface area contributed by atoms with Crippen molar-refractivity contribution >= 4 is 23.8 Å². The van der Waals surface area contributed by atoms with Crippen LogP contribution < -0.4 is 10.6 Å². The van der Waals surface area contributed by atoms with Crippen molar-refractivity contribution in [2.75, 3.05) is 5.32 Å². The Morgan fingerprint density at radius 2 is 1.79 bits per heavy atom. The Morgan fingerprint density at radius 3 is 2.34 bits per heavy atom. The van der Waals surface area contributed by atoms with Gasteiger partial charge in [0, 0.05) is 23.4 Å². The van der Waals surface area contributed by atoms with Crippen molar-refractivity contribution in [3.05, 3.63) is 52.7 Å². The lowest BCUT2D eigenvalue weighted by molar-refractivity contribution is -0.140. The Balaban J connectivity index is 2.27. The van der Waals surface area contributed by atoms with E-state index in [-0.39, 0.29) is 0 Å². The lowest BCUT2D eigenvalue weighted by Gasteiger charge is -2.13. The number of carboxylic acids is 1. The van der Waals surface area contributed by atoms with E-state index in [1.807, 2.05) is 38.2 Å². The van der Waals surface area contributed by atoms with Crippen LogP contribution in [0.4, 0.5) is 5.82 Å². The number of nitrogens with zero attached hydrogens (tertiary/aromatic N) is 1. The summed E-state index contributed by atoms with van der Waals surface area (Å²) < 4.78 is 0. The second-order valence-electron chi connectivity index (χ2n) is 7.62. The first-order chi connectivity index (χ1) is 13.6. The summed E-state index contributed by atoms with van der Waals surface area (Å²) in [4.78, 5) is 27.6. The summed E-state index contributed by atoms with van der Waals surface area (Å²) in [5.74, 6) is -0.612. The number of carboxylic acid groups (broad SMARTS) is 1. The Bertz CT molecular complexity index is 931. The van der Waals surface area contributed by atoms with Crippen molar-refractivity contribution in [1.82, 2.24) is 10.3 Å². The van der Waals surface area contributed by atoms with Gasteiger partial charge in [-0.3, -0.25) is 9.59 Å². The fraction of sp³-hybridized carbons (Fsp3) is 0.348. The number of amides is 1. The molecule has 0 saturated heterocycles. The zero-order chi connectivity index (χ0) is 21.7. The monoisotopic (exact) mass is 395 g/mol. The highest BCUT2D eigenvalue weighted by atomic mass is 16.4. The van der Waals surface area contributed by atoms with Crippen molar-refractivity contribution in [3.8, 4) is 11.1 Å². The maximum Gasteiger partial charge on any atom is 0.325 e. The van der Waals surface area contributed by atoms with Gasteiger partial charge < -0.3 is 15.7 Å². The summed E-state index contributed by atoms with van der Waals surface area (Å²) in [5.41, 5.74) is 5.59. The summed E-state index contributed by atoms with van der Waals surface area (Å²) in [6, 6.07) is 7.51. The fourth-order valence-corrected chi connectivity index (χ4v) is 2.91. The van der Waals surface area contributed by atoms with Gasteiger partial charge in [-0.15, -0.1) is 0 Å². The first-order valence-electron chi connectivity index (χ1n) is 9.64. The first-order valence-corrected chi connectivity index (χ1v) is 9.64. The fourth-order valence-electron chi connectivity index (χ4n) is 2.91. The molecule has 2 rings (SSSR count). The van der Waals surface area contributed by atoms with E-state index < -0.39 is 17.9 Å². The van der Waals surface area contributed by atoms with Crippen LogP contribution in [0.2, 0.25) is 0 Å². The lowest BCUT2D eigenvalue weighted by Crippen LogP contribution is -2.38. The Kier molecular flexibility index (Phi) is 7.15. The minimum atomic E-state index is -1.06. The number of benzene rings is 1. The Labute approximate surface area is 172 Å². The first kappa shape index (κ1) is 22.1. The van der Waals surface area contributed by atoms with Crippen molar-refractivity contribution in [2.24, 2.45) is 0 Å². The smallest absolute Gasteiger partial charge is 0.325 e. The summed E-state index contributed by atoms with van der Waals surface area (Å²) in [6.07, 6.45) is 3.64. The molecule has 0 unspecified atom stereocenters. The topological polar surface area (TPSA) is 91.3 Å². The predicted octanol–water partition coefficient (Wildman–Crippen LogP) is 4.18. The van der Waals surface area contributed by atoms with Gasteiger partial charge in [-0.2, -0.15) is 0 Å². The number of anilines is 1.